The highest BCUT2D eigenvalue weighted by molar-refractivity contribution is 7.99. The fourth-order valence-corrected chi connectivity index (χ4v) is 3.23. The third-order valence-corrected chi connectivity index (χ3v) is 4.46. The van der Waals surface area contributed by atoms with E-state index in [1.165, 1.54) is 0 Å². The molecule has 0 atom stereocenters. The highest BCUT2D eigenvalue weighted by atomic mass is 35.5. The largest absolute Gasteiger partial charge is 0.493 e. The van der Waals surface area contributed by atoms with Crippen LogP contribution < -0.4 is 9.47 Å². The third kappa shape index (κ3) is 2.74. The van der Waals surface area contributed by atoms with Crippen molar-refractivity contribution in [2.24, 2.45) is 4.99 Å². The molecular weight excluding hydrogens is 306 g/mol. The lowest BCUT2D eigenvalue weighted by atomic mass is 10.0. The minimum Gasteiger partial charge on any atom is -0.493 e. The molecule has 0 radical (unpaired) electrons. The van der Waals surface area contributed by atoms with E-state index in [1.54, 1.807) is 26.0 Å². The first-order valence-electron chi connectivity index (χ1n) is 6.42. The summed E-state index contributed by atoms with van der Waals surface area (Å²) in [5, 5.41) is 0.720. The van der Waals surface area contributed by atoms with Crippen molar-refractivity contribution in [3.8, 4) is 11.5 Å². The lowest BCUT2D eigenvalue weighted by Crippen LogP contribution is -2.10. The minimum atomic E-state index is 0.695. The van der Waals surface area contributed by atoms with Gasteiger partial charge in [0.1, 0.15) is 0 Å². The van der Waals surface area contributed by atoms with Gasteiger partial charge in [-0.05, 0) is 24.3 Å². The molecule has 0 fully saturated rings. The Kier molecular flexibility index (Phi) is 4.08. The summed E-state index contributed by atoms with van der Waals surface area (Å²) >= 11 is 7.65. The zero-order chi connectivity index (χ0) is 14.8. The molecule has 1 aliphatic heterocycles. The molecule has 1 heterocycles. The van der Waals surface area contributed by atoms with E-state index < -0.39 is 0 Å². The van der Waals surface area contributed by atoms with Gasteiger partial charge in [-0.25, -0.2) is 0 Å². The number of ether oxygens (including phenoxy) is 2. The maximum absolute atomic E-state index is 5.96. The molecule has 0 aliphatic carbocycles. The van der Waals surface area contributed by atoms with E-state index >= 15 is 0 Å². The summed E-state index contributed by atoms with van der Waals surface area (Å²) in [6.45, 7) is 0. The number of thioether (sulfide) groups is 1. The van der Waals surface area contributed by atoms with Crippen LogP contribution in [-0.2, 0) is 0 Å². The molecule has 0 saturated heterocycles. The van der Waals surface area contributed by atoms with Crippen molar-refractivity contribution >= 4 is 29.1 Å². The molecule has 0 spiro atoms. The summed E-state index contributed by atoms with van der Waals surface area (Å²) in [5.74, 6) is 2.14. The van der Waals surface area contributed by atoms with Crippen LogP contribution in [-0.4, -0.2) is 25.8 Å². The molecule has 0 bridgehead atoms. The number of aliphatic imine (C=N–C) groups is 1. The Labute approximate surface area is 132 Å². The molecule has 21 heavy (non-hydrogen) atoms. The number of hydrogen-bond donors (Lipinski definition) is 0. The second-order valence-electron chi connectivity index (χ2n) is 4.49. The monoisotopic (exact) mass is 319 g/mol. The minimum absolute atomic E-state index is 0.695. The van der Waals surface area contributed by atoms with Crippen LogP contribution >= 0.6 is 23.4 Å². The molecule has 3 rings (SSSR count). The van der Waals surface area contributed by atoms with E-state index in [0.717, 1.165) is 32.5 Å². The van der Waals surface area contributed by atoms with Gasteiger partial charge in [-0.15, -0.1) is 11.8 Å². The Morgan fingerprint density at radius 3 is 2.38 bits per heavy atom. The van der Waals surface area contributed by atoms with Gasteiger partial charge in [0, 0.05) is 21.0 Å². The predicted octanol–water partition coefficient (Wildman–Crippen LogP) is 4.26. The van der Waals surface area contributed by atoms with Crippen LogP contribution in [0.1, 0.15) is 11.1 Å². The van der Waals surface area contributed by atoms with Crippen LogP contribution in [0.25, 0.3) is 0 Å². The third-order valence-electron chi connectivity index (χ3n) is 3.30. The SMILES string of the molecule is COc1cc2c(cc1OC)C(c1ccc(Cl)cc1)=NCS2. The van der Waals surface area contributed by atoms with Crippen LogP contribution in [0.5, 0.6) is 11.5 Å². The summed E-state index contributed by atoms with van der Waals surface area (Å²) in [6, 6.07) is 11.7. The van der Waals surface area contributed by atoms with Crippen molar-refractivity contribution in [1.29, 1.82) is 0 Å². The van der Waals surface area contributed by atoms with E-state index in [9.17, 15) is 0 Å². The zero-order valence-electron chi connectivity index (χ0n) is 11.7. The number of halogens is 1. The van der Waals surface area contributed by atoms with E-state index in [-0.39, 0.29) is 0 Å². The fraction of sp³-hybridized carbons (Fsp3) is 0.188. The van der Waals surface area contributed by atoms with E-state index in [1.807, 2.05) is 36.4 Å². The number of benzene rings is 2. The smallest absolute Gasteiger partial charge is 0.161 e. The number of hydrogen-bond acceptors (Lipinski definition) is 4. The topological polar surface area (TPSA) is 30.8 Å². The number of rotatable bonds is 3. The molecule has 2 aromatic rings. The van der Waals surface area contributed by atoms with Gasteiger partial charge in [0.05, 0.1) is 25.8 Å². The number of fused-ring (bicyclic) bond motifs is 1. The maximum Gasteiger partial charge on any atom is 0.161 e. The van der Waals surface area contributed by atoms with Crippen LogP contribution in [0.3, 0.4) is 0 Å². The van der Waals surface area contributed by atoms with Gasteiger partial charge in [0.25, 0.3) is 0 Å². The number of nitrogens with zero attached hydrogens (tertiary/aromatic N) is 1. The molecule has 0 N–H and O–H groups in total. The highest BCUT2D eigenvalue weighted by Crippen LogP contribution is 2.38. The van der Waals surface area contributed by atoms with Crippen LogP contribution in [0.2, 0.25) is 5.02 Å². The summed E-state index contributed by atoms with van der Waals surface area (Å²) in [6.07, 6.45) is 0. The first-order valence-corrected chi connectivity index (χ1v) is 7.79. The van der Waals surface area contributed by atoms with Crippen LogP contribution in [0.15, 0.2) is 46.3 Å². The van der Waals surface area contributed by atoms with Crippen molar-refractivity contribution in [3.63, 3.8) is 0 Å². The van der Waals surface area contributed by atoms with E-state index in [4.69, 9.17) is 21.1 Å². The number of methoxy groups -OCH3 is 2. The van der Waals surface area contributed by atoms with Crippen molar-refractivity contribution in [2.45, 2.75) is 4.90 Å². The van der Waals surface area contributed by atoms with Gasteiger partial charge in [-0.2, -0.15) is 0 Å². The first-order chi connectivity index (χ1) is 10.2. The Bertz CT molecular complexity index is 698. The van der Waals surface area contributed by atoms with Crippen LogP contribution in [0.4, 0.5) is 0 Å². The van der Waals surface area contributed by atoms with Gasteiger partial charge in [0.2, 0.25) is 0 Å². The first kappa shape index (κ1) is 14.3. The summed E-state index contributed by atoms with van der Waals surface area (Å²) in [5.41, 5.74) is 3.07. The van der Waals surface area contributed by atoms with Gasteiger partial charge in [0.15, 0.2) is 11.5 Å². The van der Waals surface area contributed by atoms with Gasteiger partial charge in [-0.1, -0.05) is 23.7 Å². The Morgan fingerprint density at radius 1 is 1.05 bits per heavy atom. The Hall–Kier alpha value is -1.65. The molecule has 0 saturated carbocycles. The maximum atomic E-state index is 5.96. The zero-order valence-corrected chi connectivity index (χ0v) is 13.3. The summed E-state index contributed by atoms with van der Waals surface area (Å²) < 4.78 is 10.8. The Balaban J connectivity index is 2.11. The summed E-state index contributed by atoms with van der Waals surface area (Å²) in [4.78, 5) is 5.79. The van der Waals surface area contributed by atoms with Gasteiger partial charge >= 0.3 is 0 Å². The molecule has 3 nitrogen and oxygen atoms in total. The normalized spacial score (nSPS) is 13.4. The second-order valence-corrected chi connectivity index (χ2v) is 5.91. The molecule has 5 heteroatoms. The van der Waals surface area contributed by atoms with Crippen molar-refractivity contribution in [3.05, 3.63) is 52.5 Å². The second kappa shape index (κ2) is 6.00. The van der Waals surface area contributed by atoms with Crippen LogP contribution in [0, 0.1) is 0 Å². The lowest BCUT2D eigenvalue weighted by molar-refractivity contribution is 0.354. The molecule has 0 unspecified atom stereocenters. The van der Waals surface area contributed by atoms with Crippen molar-refractivity contribution in [1.82, 2.24) is 0 Å². The van der Waals surface area contributed by atoms with E-state index in [2.05, 4.69) is 4.99 Å². The average Bonchev–Trinajstić information content (AvgIpc) is 2.53. The predicted molar refractivity (Wildman–Crippen MR) is 87.4 cm³/mol. The van der Waals surface area contributed by atoms with E-state index in [0.29, 0.717) is 11.6 Å². The molecule has 0 amide bonds. The molecule has 1 aliphatic rings. The standard InChI is InChI=1S/C16H14ClNO2S/c1-19-13-7-12-15(8-14(13)20-2)21-9-18-16(12)10-3-5-11(17)6-4-10/h3-8H,9H2,1-2H3. The average molecular weight is 320 g/mol. The van der Waals surface area contributed by atoms with Crippen molar-refractivity contribution in [2.75, 3.05) is 20.1 Å². The molecule has 108 valence electrons. The van der Waals surface area contributed by atoms with Gasteiger partial charge in [-0.3, -0.25) is 4.99 Å². The molecule has 0 aromatic heterocycles. The molecule has 2 aromatic carbocycles. The van der Waals surface area contributed by atoms with Crippen molar-refractivity contribution < 1.29 is 9.47 Å². The quantitative estimate of drug-likeness (QED) is 0.847. The highest BCUT2D eigenvalue weighted by Gasteiger charge is 2.20. The fourth-order valence-electron chi connectivity index (χ4n) is 2.27. The summed E-state index contributed by atoms with van der Waals surface area (Å²) in [7, 11) is 3.28. The lowest BCUT2D eigenvalue weighted by Gasteiger charge is -2.19. The Morgan fingerprint density at radius 2 is 1.71 bits per heavy atom. The molecular formula is C16H14ClNO2S. The van der Waals surface area contributed by atoms with Gasteiger partial charge < -0.3 is 9.47 Å².